The van der Waals surface area contributed by atoms with Crippen molar-refractivity contribution in [2.24, 2.45) is 5.92 Å². The van der Waals surface area contributed by atoms with Gasteiger partial charge >= 0.3 is 0 Å². The number of rotatable bonds is 6. The maximum absolute atomic E-state index is 5.65. The zero-order valence-electron chi connectivity index (χ0n) is 9.29. The Kier molecular flexibility index (Phi) is 5.73. The van der Waals surface area contributed by atoms with Gasteiger partial charge in [0.05, 0.1) is 6.61 Å². The Labute approximate surface area is 100 Å². The standard InChI is InChI=1S/C12H18BrNO/c1-10(9-14-2)6-7-15-12-5-3-4-11(13)8-12/h3-5,8,10,14H,6-7,9H2,1-2H3. The molecule has 2 nitrogen and oxygen atoms in total. The van der Waals surface area contributed by atoms with E-state index in [0.717, 1.165) is 29.8 Å². The third-order valence-corrected chi connectivity index (χ3v) is 2.72. The number of hydrogen-bond donors (Lipinski definition) is 1. The number of nitrogens with one attached hydrogen (secondary N) is 1. The Balaban J connectivity index is 2.25. The average Bonchev–Trinajstić information content (AvgIpc) is 2.18. The fraction of sp³-hybridized carbons (Fsp3) is 0.500. The molecule has 0 bridgehead atoms. The molecule has 0 saturated carbocycles. The molecule has 3 heteroatoms. The van der Waals surface area contributed by atoms with Crippen molar-refractivity contribution < 1.29 is 4.74 Å². The minimum Gasteiger partial charge on any atom is -0.494 e. The highest BCUT2D eigenvalue weighted by molar-refractivity contribution is 9.10. The summed E-state index contributed by atoms with van der Waals surface area (Å²) in [6, 6.07) is 7.95. The molecule has 1 aromatic rings. The summed E-state index contributed by atoms with van der Waals surface area (Å²) in [7, 11) is 1.98. The van der Waals surface area contributed by atoms with Gasteiger partial charge in [0.2, 0.25) is 0 Å². The molecule has 1 aromatic carbocycles. The van der Waals surface area contributed by atoms with Gasteiger partial charge in [0, 0.05) is 4.47 Å². The van der Waals surface area contributed by atoms with Crippen LogP contribution in [0.4, 0.5) is 0 Å². The quantitative estimate of drug-likeness (QED) is 0.859. The van der Waals surface area contributed by atoms with E-state index in [4.69, 9.17) is 4.74 Å². The first kappa shape index (κ1) is 12.5. The van der Waals surface area contributed by atoms with Crippen LogP contribution in [-0.4, -0.2) is 20.2 Å². The maximum atomic E-state index is 5.65. The first-order valence-corrected chi connectivity index (χ1v) is 6.04. The summed E-state index contributed by atoms with van der Waals surface area (Å²) in [5.41, 5.74) is 0. The number of halogens is 1. The first-order valence-electron chi connectivity index (χ1n) is 5.25. The SMILES string of the molecule is CNCC(C)CCOc1cccc(Br)c1. The molecular weight excluding hydrogens is 254 g/mol. The molecule has 0 aliphatic heterocycles. The predicted molar refractivity (Wildman–Crippen MR) is 67.3 cm³/mol. The zero-order chi connectivity index (χ0) is 11.1. The van der Waals surface area contributed by atoms with Crippen LogP contribution >= 0.6 is 15.9 Å². The highest BCUT2D eigenvalue weighted by Gasteiger charge is 2.01. The maximum Gasteiger partial charge on any atom is 0.120 e. The summed E-state index contributed by atoms with van der Waals surface area (Å²) < 4.78 is 6.70. The molecule has 1 unspecified atom stereocenters. The molecule has 0 radical (unpaired) electrons. The van der Waals surface area contributed by atoms with E-state index in [0.29, 0.717) is 5.92 Å². The van der Waals surface area contributed by atoms with Crippen molar-refractivity contribution in [2.45, 2.75) is 13.3 Å². The summed E-state index contributed by atoms with van der Waals surface area (Å²) in [5.74, 6) is 1.59. The molecule has 0 saturated heterocycles. The van der Waals surface area contributed by atoms with Gasteiger partial charge in [-0.25, -0.2) is 0 Å². The molecule has 15 heavy (non-hydrogen) atoms. The third kappa shape index (κ3) is 5.19. The summed E-state index contributed by atoms with van der Waals surface area (Å²) in [6.45, 7) is 4.04. The molecule has 0 aliphatic carbocycles. The Hall–Kier alpha value is -0.540. The smallest absolute Gasteiger partial charge is 0.120 e. The van der Waals surface area contributed by atoms with Crippen molar-refractivity contribution >= 4 is 15.9 Å². The van der Waals surface area contributed by atoms with Gasteiger partial charge in [0.15, 0.2) is 0 Å². The van der Waals surface area contributed by atoms with E-state index in [1.54, 1.807) is 0 Å². The fourth-order valence-corrected chi connectivity index (χ4v) is 1.76. The van der Waals surface area contributed by atoms with Crippen molar-refractivity contribution in [1.29, 1.82) is 0 Å². The fourth-order valence-electron chi connectivity index (χ4n) is 1.39. The normalized spacial score (nSPS) is 12.5. The number of ether oxygens (including phenoxy) is 1. The van der Waals surface area contributed by atoms with Crippen LogP contribution in [0.2, 0.25) is 0 Å². The zero-order valence-corrected chi connectivity index (χ0v) is 10.9. The van der Waals surface area contributed by atoms with Gasteiger partial charge in [-0.15, -0.1) is 0 Å². The van der Waals surface area contributed by atoms with Crippen LogP contribution in [0.3, 0.4) is 0 Å². The summed E-state index contributed by atoms with van der Waals surface area (Å²) in [6.07, 6.45) is 1.08. The van der Waals surface area contributed by atoms with Crippen LogP contribution in [0, 0.1) is 5.92 Å². The van der Waals surface area contributed by atoms with Crippen LogP contribution in [-0.2, 0) is 0 Å². The Morgan fingerprint density at radius 1 is 1.47 bits per heavy atom. The molecule has 0 fully saturated rings. The molecular formula is C12H18BrNO. The lowest BCUT2D eigenvalue weighted by atomic mass is 10.1. The number of hydrogen-bond acceptors (Lipinski definition) is 2. The van der Waals surface area contributed by atoms with Gasteiger partial charge in [0.1, 0.15) is 5.75 Å². The van der Waals surface area contributed by atoms with Crippen molar-refractivity contribution in [3.63, 3.8) is 0 Å². The lowest BCUT2D eigenvalue weighted by molar-refractivity contribution is 0.282. The third-order valence-electron chi connectivity index (χ3n) is 2.23. The summed E-state index contributed by atoms with van der Waals surface area (Å²) in [4.78, 5) is 0. The lowest BCUT2D eigenvalue weighted by Crippen LogP contribution is -2.18. The van der Waals surface area contributed by atoms with Gasteiger partial charge in [0.25, 0.3) is 0 Å². The highest BCUT2D eigenvalue weighted by Crippen LogP contribution is 2.18. The van der Waals surface area contributed by atoms with E-state index in [-0.39, 0.29) is 0 Å². The van der Waals surface area contributed by atoms with E-state index in [1.165, 1.54) is 0 Å². The van der Waals surface area contributed by atoms with Crippen molar-refractivity contribution in [3.05, 3.63) is 28.7 Å². The van der Waals surface area contributed by atoms with Gasteiger partial charge < -0.3 is 10.1 Å². The molecule has 1 atom stereocenters. The largest absolute Gasteiger partial charge is 0.494 e. The van der Waals surface area contributed by atoms with Crippen LogP contribution < -0.4 is 10.1 Å². The minimum atomic E-state index is 0.655. The Bertz CT molecular complexity index is 291. The second-order valence-electron chi connectivity index (χ2n) is 3.76. The van der Waals surface area contributed by atoms with Gasteiger partial charge in [-0.2, -0.15) is 0 Å². The van der Waals surface area contributed by atoms with Crippen LogP contribution in [0.5, 0.6) is 5.75 Å². The first-order chi connectivity index (χ1) is 7.22. The lowest BCUT2D eigenvalue weighted by Gasteiger charge is -2.11. The summed E-state index contributed by atoms with van der Waals surface area (Å²) in [5, 5.41) is 3.16. The second kappa shape index (κ2) is 6.85. The van der Waals surface area contributed by atoms with E-state index in [1.807, 2.05) is 31.3 Å². The van der Waals surface area contributed by atoms with Crippen molar-refractivity contribution in [3.8, 4) is 5.75 Å². The van der Waals surface area contributed by atoms with E-state index >= 15 is 0 Å². The number of benzene rings is 1. The van der Waals surface area contributed by atoms with Crippen molar-refractivity contribution in [1.82, 2.24) is 5.32 Å². The molecule has 84 valence electrons. The summed E-state index contributed by atoms with van der Waals surface area (Å²) >= 11 is 3.42. The molecule has 0 aliphatic rings. The van der Waals surface area contributed by atoms with Crippen LogP contribution in [0.25, 0.3) is 0 Å². The molecule has 1 N–H and O–H groups in total. The average molecular weight is 272 g/mol. The second-order valence-corrected chi connectivity index (χ2v) is 4.67. The molecule has 0 aromatic heterocycles. The molecule has 1 rings (SSSR count). The van der Waals surface area contributed by atoms with E-state index in [9.17, 15) is 0 Å². The minimum absolute atomic E-state index is 0.655. The van der Waals surface area contributed by atoms with Crippen LogP contribution in [0.1, 0.15) is 13.3 Å². The van der Waals surface area contributed by atoms with E-state index in [2.05, 4.69) is 28.2 Å². The Morgan fingerprint density at radius 2 is 2.27 bits per heavy atom. The van der Waals surface area contributed by atoms with Crippen LogP contribution in [0.15, 0.2) is 28.7 Å². The van der Waals surface area contributed by atoms with Gasteiger partial charge in [-0.3, -0.25) is 0 Å². The topological polar surface area (TPSA) is 21.3 Å². The van der Waals surface area contributed by atoms with Gasteiger partial charge in [-0.05, 0) is 44.1 Å². The predicted octanol–water partition coefficient (Wildman–Crippen LogP) is 3.07. The van der Waals surface area contributed by atoms with Crippen molar-refractivity contribution in [2.75, 3.05) is 20.2 Å². The molecule has 0 spiro atoms. The highest BCUT2D eigenvalue weighted by atomic mass is 79.9. The van der Waals surface area contributed by atoms with E-state index < -0.39 is 0 Å². The van der Waals surface area contributed by atoms with Gasteiger partial charge in [-0.1, -0.05) is 28.9 Å². The molecule has 0 heterocycles. The monoisotopic (exact) mass is 271 g/mol. The molecule has 0 amide bonds. The Morgan fingerprint density at radius 3 is 2.93 bits per heavy atom.